The Morgan fingerprint density at radius 2 is 1.69 bits per heavy atom. The van der Waals surface area contributed by atoms with Crippen molar-refractivity contribution in [3.63, 3.8) is 0 Å². The Morgan fingerprint density at radius 1 is 1.03 bits per heavy atom. The second-order valence-corrected chi connectivity index (χ2v) is 11.9. The fourth-order valence-corrected chi connectivity index (χ4v) is 5.76. The van der Waals surface area contributed by atoms with E-state index < -0.39 is 8.32 Å². The van der Waals surface area contributed by atoms with Crippen LogP contribution < -0.4 is 10.4 Å². The molecule has 0 saturated carbocycles. The third-order valence-corrected chi connectivity index (χ3v) is 10.0. The van der Waals surface area contributed by atoms with Gasteiger partial charge in [0.15, 0.2) is 8.32 Å². The molecule has 4 nitrogen and oxygen atoms in total. The van der Waals surface area contributed by atoms with Gasteiger partial charge in [0.25, 0.3) is 0 Å². The second kappa shape index (κ2) is 14.2. The fourth-order valence-electron chi connectivity index (χ4n) is 3.20. The Morgan fingerprint density at radius 3 is 2.28 bits per heavy atom. The van der Waals surface area contributed by atoms with E-state index in [-0.39, 0.29) is 12.2 Å². The molecule has 0 atom stereocenters. The number of unbranched alkanes of at least 4 members (excludes halogenated alkanes) is 3. The Labute approximate surface area is 177 Å². The molecular weight excluding hydrogens is 380 g/mol. The molecule has 0 radical (unpaired) electrons. The van der Waals surface area contributed by atoms with Crippen LogP contribution >= 0.6 is 0 Å². The predicted octanol–water partition coefficient (Wildman–Crippen LogP) is 6.88. The Bertz CT molecular complexity index is 719. The number of rotatable bonds is 14. The summed E-state index contributed by atoms with van der Waals surface area (Å²) in [6, 6.07) is 4.90. The van der Waals surface area contributed by atoms with Gasteiger partial charge in [-0.1, -0.05) is 51.2 Å². The van der Waals surface area contributed by atoms with Crippen LogP contribution in [0.25, 0.3) is 6.08 Å². The largest absolute Gasteiger partial charge is 0.496 e. The minimum Gasteiger partial charge on any atom is -0.496 e. The standard InChI is InChI=1S/C24H38O4Si/c1-6-10-11-12-13-14-15-16-17-18-21-19-23(26-5)22(24(25)28-21)20-27-29(7-2,8-3)9-4/h6,10-12,17-19H,7-9,13-16,20H2,1-5H3/b10-6+,12-11+,18-17+. The van der Waals surface area contributed by atoms with Gasteiger partial charge in [0, 0.05) is 6.07 Å². The van der Waals surface area contributed by atoms with E-state index in [2.05, 4.69) is 32.9 Å². The molecule has 162 valence electrons. The predicted molar refractivity (Wildman–Crippen MR) is 125 cm³/mol. The lowest BCUT2D eigenvalue weighted by molar-refractivity contribution is 0.270. The summed E-state index contributed by atoms with van der Waals surface area (Å²) in [4.78, 5) is 12.5. The minimum atomic E-state index is -1.78. The molecule has 0 unspecified atom stereocenters. The zero-order chi connectivity index (χ0) is 21.5. The van der Waals surface area contributed by atoms with Crippen LogP contribution in [0.4, 0.5) is 0 Å². The molecule has 0 saturated heterocycles. The van der Waals surface area contributed by atoms with Gasteiger partial charge in [-0.25, -0.2) is 4.79 Å². The van der Waals surface area contributed by atoms with Crippen molar-refractivity contribution in [2.45, 2.75) is 78.1 Å². The number of methoxy groups -OCH3 is 1. The molecule has 0 fully saturated rings. The minimum absolute atomic E-state index is 0.262. The van der Waals surface area contributed by atoms with Crippen molar-refractivity contribution in [1.29, 1.82) is 0 Å². The van der Waals surface area contributed by atoms with Crippen molar-refractivity contribution >= 4 is 14.4 Å². The van der Waals surface area contributed by atoms with Crippen molar-refractivity contribution in [2.24, 2.45) is 0 Å². The lowest BCUT2D eigenvalue weighted by atomic mass is 10.1. The number of hydrogen-bond acceptors (Lipinski definition) is 4. The van der Waals surface area contributed by atoms with E-state index in [4.69, 9.17) is 13.6 Å². The first-order valence-electron chi connectivity index (χ1n) is 10.8. The van der Waals surface area contributed by atoms with Gasteiger partial charge >= 0.3 is 5.63 Å². The molecular formula is C24H38O4Si. The van der Waals surface area contributed by atoms with Crippen LogP contribution in [0.3, 0.4) is 0 Å². The topological polar surface area (TPSA) is 48.7 Å². The maximum Gasteiger partial charge on any atom is 0.345 e. The number of hydrogen-bond donors (Lipinski definition) is 0. The van der Waals surface area contributed by atoms with E-state index in [1.807, 2.05) is 31.2 Å². The SMILES string of the molecule is C/C=C/C=C/CCCC/C=C/c1cc(OC)c(CO[Si](CC)(CC)CC)c(=O)o1. The van der Waals surface area contributed by atoms with Crippen LogP contribution in [-0.2, 0) is 11.0 Å². The summed E-state index contributed by atoms with van der Waals surface area (Å²) >= 11 is 0. The Balaban J connectivity index is 2.69. The van der Waals surface area contributed by atoms with Crippen molar-refractivity contribution in [2.75, 3.05) is 7.11 Å². The molecule has 5 heteroatoms. The maximum absolute atomic E-state index is 12.5. The molecule has 1 rings (SSSR count). The quantitative estimate of drug-likeness (QED) is 0.188. The van der Waals surface area contributed by atoms with Crippen molar-refractivity contribution < 1.29 is 13.6 Å². The molecule has 1 heterocycles. The fraction of sp³-hybridized carbons (Fsp3) is 0.542. The van der Waals surface area contributed by atoms with E-state index >= 15 is 0 Å². The van der Waals surface area contributed by atoms with Crippen LogP contribution in [0.1, 0.15) is 64.7 Å². The molecule has 0 N–H and O–H groups in total. The van der Waals surface area contributed by atoms with Crippen LogP contribution in [0, 0.1) is 0 Å². The van der Waals surface area contributed by atoms with Gasteiger partial charge in [-0.2, -0.15) is 0 Å². The van der Waals surface area contributed by atoms with E-state index in [9.17, 15) is 4.79 Å². The van der Waals surface area contributed by atoms with E-state index in [0.29, 0.717) is 17.1 Å². The molecule has 0 bridgehead atoms. The molecule has 0 aromatic carbocycles. The summed E-state index contributed by atoms with van der Waals surface area (Å²) in [5, 5.41) is 0. The molecule has 0 aliphatic carbocycles. The van der Waals surface area contributed by atoms with Crippen molar-refractivity contribution in [3.05, 3.63) is 58.2 Å². The van der Waals surface area contributed by atoms with Crippen LogP contribution in [0.15, 0.2) is 45.7 Å². The summed E-state index contributed by atoms with van der Waals surface area (Å²) in [6.07, 6.45) is 16.5. The van der Waals surface area contributed by atoms with Gasteiger partial charge in [0.2, 0.25) is 0 Å². The van der Waals surface area contributed by atoms with Crippen LogP contribution in [0.2, 0.25) is 18.1 Å². The number of ether oxygens (including phenoxy) is 1. The molecule has 0 aliphatic rings. The van der Waals surface area contributed by atoms with Gasteiger partial charge in [-0.05, 0) is 56.8 Å². The first kappa shape index (κ1) is 25.2. The lowest BCUT2D eigenvalue weighted by Gasteiger charge is -2.28. The molecule has 0 amide bonds. The van der Waals surface area contributed by atoms with Crippen LogP contribution in [0.5, 0.6) is 5.75 Å². The highest BCUT2D eigenvalue weighted by Gasteiger charge is 2.29. The molecule has 29 heavy (non-hydrogen) atoms. The maximum atomic E-state index is 12.5. The third-order valence-electron chi connectivity index (χ3n) is 5.42. The number of allylic oxidation sites excluding steroid dienone is 5. The molecule has 0 spiro atoms. The highest BCUT2D eigenvalue weighted by molar-refractivity contribution is 6.73. The monoisotopic (exact) mass is 418 g/mol. The summed E-state index contributed by atoms with van der Waals surface area (Å²) in [6.45, 7) is 8.79. The Kier molecular flexibility index (Phi) is 12.3. The zero-order valence-electron chi connectivity index (χ0n) is 18.8. The first-order valence-corrected chi connectivity index (χ1v) is 13.4. The highest BCUT2D eigenvalue weighted by Crippen LogP contribution is 2.25. The van der Waals surface area contributed by atoms with Gasteiger partial charge in [-0.3, -0.25) is 0 Å². The molecule has 0 aliphatic heterocycles. The Hall–Kier alpha value is -1.85. The lowest BCUT2D eigenvalue weighted by Crippen LogP contribution is -2.36. The van der Waals surface area contributed by atoms with Gasteiger partial charge in [0.05, 0.1) is 13.7 Å². The first-order chi connectivity index (χ1) is 14.1. The summed E-state index contributed by atoms with van der Waals surface area (Å²) in [5.74, 6) is 1.06. The van der Waals surface area contributed by atoms with E-state index in [0.717, 1.165) is 43.8 Å². The normalized spacial score (nSPS) is 12.6. The molecule has 1 aromatic heterocycles. The van der Waals surface area contributed by atoms with Crippen molar-refractivity contribution in [3.8, 4) is 5.75 Å². The second-order valence-electron chi connectivity index (χ2n) is 7.16. The van der Waals surface area contributed by atoms with Crippen molar-refractivity contribution in [1.82, 2.24) is 0 Å². The van der Waals surface area contributed by atoms with Gasteiger partial charge in [-0.15, -0.1) is 0 Å². The smallest absolute Gasteiger partial charge is 0.345 e. The summed E-state index contributed by atoms with van der Waals surface area (Å²) in [5.41, 5.74) is 0.106. The van der Waals surface area contributed by atoms with Gasteiger partial charge < -0.3 is 13.6 Å². The van der Waals surface area contributed by atoms with E-state index in [1.165, 1.54) is 0 Å². The average Bonchev–Trinajstić information content (AvgIpc) is 2.74. The summed E-state index contributed by atoms with van der Waals surface area (Å²) in [7, 11) is -0.195. The van der Waals surface area contributed by atoms with Gasteiger partial charge in [0.1, 0.15) is 17.1 Å². The van der Waals surface area contributed by atoms with E-state index in [1.54, 1.807) is 13.2 Å². The van der Waals surface area contributed by atoms with Crippen LogP contribution in [-0.4, -0.2) is 15.4 Å². The average molecular weight is 419 g/mol. The zero-order valence-corrected chi connectivity index (χ0v) is 19.8. The summed E-state index contributed by atoms with van der Waals surface area (Å²) < 4.78 is 17.2. The molecule has 1 aromatic rings. The third kappa shape index (κ3) is 8.58. The highest BCUT2D eigenvalue weighted by atomic mass is 28.4.